The molecule has 1 N–H and O–H groups in total. The Balaban J connectivity index is 1.57. The van der Waals surface area contributed by atoms with Gasteiger partial charge >= 0.3 is 0 Å². The van der Waals surface area contributed by atoms with E-state index < -0.39 is 0 Å². The Labute approximate surface area is 144 Å². The van der Waals surface area contributed by atoms with Crippen LogP contribution in [0, 0.1) is 0 Å². The number of amides is 1. The van der Waals surface area contributed by atoms with Crippen molar-refractivity contribution in [3.63, 3.8) is 0 Å². The first-order valence-corrected chi connectivity index (χ1v) is 7.88. The fourth-order valence-electron chi connectivity index (χ4n) is 2.25. The van der Waals surface area contributed by atoms with Gasteiger partial charge in [-0.05, 0) is 36.8 Å². The topological polar surface area (TPSA) is 72.2 Å². The molecule has 0 atom stereocenters. The van der Waals surface area contributed by atoms with E-state index in [1.807, 2.05) is 43.3 Å². The SMILES string of the molecule is C/C(=N\NC(=O)CCn1nnc2ccccc21)c1ccc(Cl)cc1. The van der Waals surface area contributed by atoms with Gasteiger partial charge in [0, 0.05) is 11.4 Å². The van der Waals surface area contributed by atoms with Crippen molar-refractivity contribution in [3.05, 3.63) is 59.1 Å². The number of benzene rings is 2. The molecule has 0 aliphatic carbocycles. The second-order valence-electron chi connectivity index (χ2n) is 5.29. The Kier molecular flexibility index (Phi) is 4.86. The number of hydrazone groups is 1. The van der Waals surface area contributed by atoms with Crippen LogP contribution < -0.4 is 5.43 Å². The number of fused-ring (bicyclic) bond motifs is 1. The number of hydrogen-bond acceptors (Lipinski definition) is 4. The fraction of sp³-hybridized carbons (Fsp3) is 0.176. The van der Waals surface area contributed by atoms with E-state index in [9.17, 15) is 4.79 Å². The van der Waals surface area contributed by atoms with Crippen LogP contribution in [0.4, 0.5) is 0 Å². The predicted molar refractivity (Wildman–Crippen MR) is 94.0 cm³/mol. The monoisotopic (exact) mass is 341 g/mol. The highest BCUT2D eigenvalue weighted by atomic mass is 35.5. The number of rotatable bonds is 5. The van der Waals surface area contributed by atoms with Crippen molar-refractivity contribution in [2.24, 2.45) is 5.10 Å². The van der Waals surface area contributed by atoms with Crippen molar-refractivity contribution >= 4 is 34.3 Å². The minimum atomic E-state index is -0.178. The number of nitrogens with zero attached hydrogens (tertiary/aromatic N) is 4. The number of nitrogens with one attached hydrogen (secondary N) is 1. The fourth-order valence-corrected chi connectivity index (χ4v) is 2.37. The summed E-state index contributed by atoms with van der Waals surface area (Å²) in [7, 11) is 0. The number of halogens is 1. The van der Waals surface area contributed by atoms with Gasteiger partial charge in [-0.15, -0.1) is 5.10 Å². The number of hydrogen-bond donors (Lipinski definition) is 1. The number of carbonyl (C=O) groups is 1. The average Bonchev–Trinajstić information content (AvgIpc) is 3.01. The Morgan fingerprint density at radius 1 is 1.21 bits per heavy atom. The standard InChI is InChI=1S/C17H16ClN5O/c1-12(13-6-8-14(18)9-7-13)19-21-17(24)10-11-23-16-5-3-2-4-15(16)20-22-23/h2-9H,10-11H2,1H3,(H,21,24)/b19-12+. The first-order chi connectivity index (χ1) is 11.6. The molecular formula is C17H16ClN5O. The van der Waals surface area contributed by atoms with Crippen LogP contribution in [-0.2, 0) is 11.3 Å². The molecular weight excluding hydrogens is 326 g/mol. The maximum Gasteiger partial charge on any atom is 0.241 e. The zero-order chi connectivity index (χ0) is 16.9. The number of para-hydroxylation sites is 1. The van der Waals surface area contributed by atoms with Crippen molar-refractivity contribution < 1.29 is 4.79 Å². The van der Waals surface area contributed by atoms with E-state index in [2.05, 4.69) is 20.8 Å². The van der Waals surface area contributed by atoms with Crippen LogP contribution in [0.5, 0.6) is 0 Å². The normalized spacial score (nSPS) is 11.7. The van der Waals surface area contributed by atoms with Crippen molar-refractivity contribution in [2.75, 3.05) is 0 Å². The lowest BCUT2D eigenvalue weighted by Gasteiger charge is -2.04. The molecule has 0 saturated heterocycles. The largest absolute Gasteiger partial charge is 0.273 e. The third-order valence-electron chi connectivity index (χ3n) is 3.58. The summed E-state index contributed by atoms with van der Waals surface area (Å²) in [6.07, 6.45) is 0.269. The second-order valence-corrected chi connectivity index (χ2v) is 5.73. The molecule has 122 valence electrons. The highest BCUT2D eigenvalue weighted by molar-refractivity contribution is 6.30. The first-order valence-electron chi connectivity index (χ1n) is 7.51. The predicted octanol–water partition coefficient (Wildman–Crippen LogP) is 3.02. The molecule has 1 heterocycles. The minimum Gasteiger partial charge on any atom is -0.273 e. The molecule has 24 heavy (non-hydrogen) atoms. The summed E-state index contributed by atoms with van der Waals surface area (Å²) >= 11 is 5.85. The maximum atomic E-state index is 12.0. The molecule has 0 fully saturated rings. The summed E-state index contributed by atoms with van der Waals surface area (Å²) in [6, 6.07) is 14.9. The molecule has 2 aromatic carbocycles. The molecule has 0 unspecified atom stereocenters. The number of aryl methyl sites for hydroxylation is 1. The summed E-state index contributed by atoms with van der Waals surface area (Å²) < 4.78 is 1.71. The molecule has 1 aromatic heterocycles. The van der Waals surface area contributed by atoms with Crippen LogP contribution in [0.1, 0.15) is 18.9 Å². The van der Waals surface area contributed by atoms with Crippen LogP contribution >= 0.6 is 11.6 Å². The van der Waals surface area contributed by atoms with Crippen molar-refractivity contribution in [1.82, 2.24) is 20.4 Å². The molecule has 3 rings (SSSR count). The highest BCUT2D eigenvalue weighted by Gasteiger charge is 2.06. The van der Waals surface area contributed by atoms with Crippen molar-refractivity contribution in [2.45, 2.75) is 19.9 Å². The lowest BCUT2D eigenvalue weighted by molar-refractivity contribution is -0.121. The Hall–Kier alpha value is -2.73. The average molecular weight is 342 g/mol. The van der Waals surface area contributed by atoms with Crippen LogP contribution in [0.25, 0.3) is 11.0 Å². The van der Waals surface area contributed by atoms with E-state index in [1.165, 1.54) is 0 Å². The van der Waals surface area contributed by atoms with Crippen LogP contribution in [0.2, 0.25) is 5.02 Å². The van der Waals surface area contributed by atoms with Gasteiger partial charge in [0.25, 0.3) is 0 Å². The molecule has 0 bridgehead atoms. The zero-order valence-corrected chi connectivity index (χ0v) is 13.9. The van der Waals surface area contributed by atoms with Crippen molar-refractivity contribution in [3.8, 4) is 0 Å². The molecule has 1 amide bonds. The molecule has 3 aromatic rings. The second kappa shape index (κ2) is 7.23. The Bertz CT molecular complexity index is 885. The van der Waals surface area contributed by atoms with Gasteiger partial charge in [-0.1, -0.05) is 41.1 Å². The van der Waals surface area contributed by atoms with E-state index in [0.717, 1.165) is 16.6 Å². The molecule has 6 nitrogen and oxygen atoms in total. The van der Waals surface area contributed by atoms with E-state index in [1.54, 1.807) is 16.8 Å². The van der Waals surface area contributed by atoms with Crippen LogP contribution in [0.3, 0.4) is 0 Å². The summed E-state index contributed by atoms with van der Waals surface area (Å²) in [4.78, 5) is 12.0. The van der Waals surface area contributed by atoms with Gasteiger partial charge in [0.1, 0.15) is 5.52 Å². The quantitative estimate of drug-likeness (QED) is 0.572. The van der Waals surface area contributed by atoms with Gasteiger partial charge in [0.2, 0.25) is 5.91 Å². The van der Waals surface area contributed by atoms with Gasteiger partial charge in [0.15, 0.2) is 0 Å². The Morgan fingerprint density at radius 2 is 1.96 bits per heavy atom. The lowest BCUT2D eigenvalue weighted by Crippen LogP contribution is -2.21. The smallest absolute Gasteiger partial charge is 0.241 e. The highest BCUT2D eigenvalue weighted by Crippen LogP contribution is 2.11. The molecule has 0 radical (unpaired) electrons. The van der Waals surface area contributed by atoms with Crippen LogP contribution in [0.15, 0.2) is 53.6 Å². The summed E-state index contributed by atoms with van der Waals surface area (Å²) in [5.74, 6) is -0.178. The number of aromatic nitrogens is 3. The summed E-state index contributed by atoms with van der Waals surface area (Å²) in [5.41, 5.74) is 5.90. The third kappa shape index (κ3) is 3.78. The van der Waals surface area contributed by atoms with E-state index in [-0.39, 0.29) is 12.3 Å². The molecule has 0 aliphatic rings. The lowest BCUT2D eigenvalue weighted by atomic mass is 10.1. The van der Waals surface area contributed by atoms with Crippen molar-refractivity contribution in [1.29, 1.82) is 0 Å². The number of carbonyl (C=O) groups excluding carboxylic acids is 1. The van der Waals surface area contributed by atoms with Gasteiger partial charge in [-0.3, -0.25) is 4.79 Å². The van der Waals surface area contributed by atoms with Gasteiger partial charge in [0.05, 0.1) is 17.8 Å². The van der Waals surface area contributed by atoms with Gasteiger partial charge in [-0.2, -0.15) is 5.10 Å². The maximum absolute atomic E-state index is 12.0. The first kappa shape index (κ1) is 16.1. The summed E-state index contributed by atoms with van der Waals surface area (Å²) in [6.45, 7) is 2.27. The van der Waals surface area contributed by atoms with Crippen LogP contribution in [-0.4, -0.2) is 26.6 Å². The van der Waals surface area contributed by atoms with Gasteiger partial charge < -0.3 is 0 Å². The molecule has 0 spiro atoms. The van der Waals surface area contributed by atoms with E-state index in [4.69, 9.17) is 11.6 Å². The molecule has 0 aliphatic heterocycles. The van der Waals surface area contributed by atoms with E-state index in [0.29, 0.717) is 17.3 Å². The van der Waals surface area contributed by atoms with E-state index >= 15 is 0 Å². The third-order valence-corrected chi connectivity index (χ3v) is 3.83. The zero-order valence-electron chi connectivity index (χ0n) is 13.1. The molecule has 0 saturated carbocycles. The molecule has 7 heteroatoms. The Morgan fingerprint density at radius 3 is 2.75 bits per heavy atom. The van der Waals surface area contributed by atoms with Gasteiger partial charge in [-0.25, -0.2) is 10.1 Å². The minimum absolute atomic E-state index is 0.178. The summed E-state index contributed by atoms with van der Waals surface area (Å²) in [5, 5.41) is 12.9.